The van der Waals surface area contributed by atoms with Gasteiger partial charge in [0.1, 0.15) is 17.0 Å². The van der Waals surface area contributed by atoms with Crippen LogP contribution >= 0.6 is 15.9 Å². The highest BCUT2D eigenvalue weighted by Crippen LogP contribution is 2.60. The second-order valence-corrected chi connectivity index (χ2v) is 12.4. The van der Waals surface area contributed by atoms with Gasteiger partial charge in [-0.1, -0.05) is 73.5 Å². The molecule has 0 amide bonds. The van der Waals surface area contributed by atoms with E-state index in [1.807, 2.05) is 13.8 Å². The van der Waals surface area contributed by atoms with Gasteiger partial charge >= 0.3 is 5.97 Å². The van der Waals surface area contributed by atoms with Crippen LogP contribution in [0, 0.1) is 23.2 Å². The summed E-state index contributed by atoms with van der Waals surface area (Å²) in [4.78, 5) is 24.4. The van der Waals surface area contributed by atoms with E-state index in [1.165, 1.54) is 36.8 Å². The summed E-state index contributed by atoms with van der Waals surface area (Å²) in [6.07, 6.45) is 15.4. The number of alkyl halides is 1. The maximum Gasteiger partial charge on any atom is 0.316 e. The molecule has 0 aromatic rings. The van der Waals surface area contributed by atoms with Crippen molar-refractivity contribution in [2.45, 2.75) is 116 Å². The van der Waals surface area contributed by atoms with Crippen LogP contribution in [0.2, 0.25) is 0 Å². The number of aliphatic hydroxyl groups is 1. The molecule has 3 rings (SSSR count). The van der Waals surface area contributed by atoms with Gasteiger partial charge in [0, 0.05) is 12.8 Å². The van der Waals surface area contributed by atoms with Gasteiger partial charge in [0.15, 0.2) is 5.78 Å². The molecule has 36 heavy (non-hydrogen) atoms. The summed E-state index contributed by atoms with van der Waals surface area (Å²) in [5, 5.41) is 10.8. The number of rotatable bonds is 10. The van der Waals surface area contributed by atoms with Crippen LogP contribution in [0.25, 0.3) is 0 Å². The number of esters is 1. The second kappa shape index (κ2) is 12.6. The van der Waals surface area contributed by atoms with E-state index in [4.69, 9.17) is 4.74 Å². The van der Waals surface area contributed by atoms with Crippen LogP contribution in [0.3, 0.4) is 0 Å². The van der Waals surface area contributed by atoms with Gasteiger partial charge in [-0.25, -0.2) is 0 Å². The van der Waals surface area contributed by atoms with Gasteiger partial charge < -0.3 is 9.84 Å². The summed E-state index contributed by atoms with van der Waals surface area (Å²) in [6.45, 7) is 12.9. The van der Waals surface area contributed by atoms with Crippen molar-refractivity contribution < 1.29 is 19.4 Å². The summed E-state index contributed by atoms with van der Waals surface area (Å²) in [5.74, 6) is 1.49. The Hall–Kier alpha value is -1.20. The smallest absolute Gasteiger partial charge is 0.316 e. The Balaban J connectivity index is 1.68. The van der Waals surface area contributed by atoms with Crippen LogP contribution < -0.4 is 0 Å². The topological polar surface area (TPSA) is 63.6 Å². The third kappa shape index (κ3) is 6.43. The second-order valence-electron chi connectivity index (χ2n) is 11.8. The minimum atomic E-state index is -1.15. The Morgan fingerprint density at radius 3 is 2.61 bits per heavy atom. The first-order valence-corrected chi connectivity index (χ1v) is 15.3. The van der Waals surface area contributed by atoms with Crippen LogP contribution in [-0.2, 0) is 14.3 Å². The molecule has 1 unspecified atom stereocenters. The normalized spacial score (nSPS) is 31.9. The van der Waals surface area contributed by atoms with Crippen LogP contribution in [0.4, 0.5) is 0 Å². The molecule has 0 aliphatic heterocycles. The van der Waals surface area contributed by atoms with E-state index in [2.05, 4.69) is 48.5 Å². The van der Waals surface area contributed by atoms with Crippen molar-refractivity contribution in [2.24, 2.45) is 23.2 Å². The van der Waals surface area contributed by atoms with Gasteiger partial charge in [-0.05, 0) is 93.0 Å². The molecule has 0 spiro atoms. The van der Waals surface area contributed by atoms with Crippen LogP contribution in [-0.4, -0.2) is 33.9 Å². The van der Waals surface area contributed by atoms with E-state index >= 15 is 0 Å². The van der Waals surface area contributed by atoms with Gasteiger partial charge in [-0.3, -0.25) is 9.59 Å². The molecule has 3 saturated carbocycles. The molecule has 0 bridgehead atoms. The molecule has 5 atom stereocenters. The molecule has 4 nitrogen and oxygen atoms in total. The summed E-state index contributed by atoms with van der Waals surface area (Å²) in [7, 11) is 0. The SMILES string of the molecule is C=C1CC[C@H](OC(=O)CBr)C/C1=C/C=C1\CCC[C@@]2(C)C1CC[C@@H]2[C@H](C)CCC(=O)C(O)(CC)CC. The molecule has 0 radical (unpaired) electrons. The van der Waals surface area contributed by atoms with Crippen molar-refractivity contribution in [3.63, 3.8) is 0 Å². The van der Waals surface area contributed by atoms with E-state index < -0.39 is 5.60 Å². The van der Waals surface area contributed by atoms with Gasteiger partial charge in [0.05, 0.1) is 0 Å². The summed E-state index contributed by atoms with van der Waals surface area (Å²) in [5.41, 5.74) is 3.06. The minimum Gasteiger partial charge on any atom is -0.461 e. The van der Waals surface area contributed by atoms with Crippen molar-refractivity contribution in [3.05, 3.63) is 35.5 Å². The number of carbonyl (C=O) groups is 2. The van der Waals surface area contributed by atoms with Crippen LogP contribution in [0.15, 0.2) is 35.5 Å². The largest absolute Gasteiger partial charge is 0.461 e. The number of hydrogen-bond acceptors (Lipinski definition) is 4. The number of hydrogen-bond donors (Lipinski definition) is 1. The maximum absolute atomic E-state index is 12.7. The lowest BCUT2D eigenvalue weighted by molar-refractivity contribution is -0.146. The Labute approximate surface area is 227 Å². The third-order valence-electron chi connectivity index (χ3n) is 9.82. The molecule has 0 aromatic carbocycles. The van der Waals surface area contributed by atoms with Crippen molar-refractivity contribution in [1.29, 1.82) is 0 Å². The zero-order valence-corrected chi connectivity index (χ0v) is 24.5. The highest BCUT2D eigenvalue weighted by molar-refractivity contribution is 9.09. The van der Waals surface area contributed by atoms with E-state index in [1.54, 1.807) is 5.57 Å². The highest BCUT2D eigenvalue weighted by atomic mass is 79.9. The van der Waals surface area contributed by atoms with Crippen molar-refractivity contribution in [2.75, 3.05) is 5.33 Å². The Kier molecular flexibility index (Phi) is 10.2. The molecule has 1 N–H and O–H groups in total. The van der Waals surface area contributed by atoms with Gasteiger partial charge in [-0.15, -0.1) is 0 Å². The van der Waals surface area contributed by atoms with Crippen LogP contribution in [0.1, 0.15) is 105 Å². The Morgan fingerprint density at radius 1 is 1.22 bits per heavy atom. The number of ketones is 1. The quantitative estimate of drug-likeness (QED) is 0.219. The minimum absolute atomic E-state index is 0.0164. The molecule has 0 aromatic heterocycles. The Morgan fingerprint density at radius 2 is 1.94 bits per heavy atom. The predicted molar refractivity (Wildman–Crippen MR) is 150 cm³/mol. The number of ether oxygens (including phenoxy) is 1. The monoisotopic (exact) mass is 562 g/mol. The molecule has 0 heterocycles. The van der Waals surface area contributed by atoms with E-state index in [0.717, 1.165) is 32.1 Å². The average Bonchev–Trinajstić information content (AvgIpc) is 3.24. The standard InChI is InChI=1S/C31H47BrO4/c1-6-31(35,7-2)28(33)17-11-22(4)26-15-16-27-23(9-8-18-30(26,27)5)12-13-24-19-25(14-10-21(24)3)36-29(34)20-32/h12-13,22,25-27,35H,3,6-11,14-20H2,1-2,4-5H3/b23-12+,24-13-/t22-,25+,26-,27?,30-/m1/s1. The fraction of sp³-hybridized carbons (Fsp3) is 0.742. The molecular formula is C31H47BrO4. The average molecular weight is 564 g/mol. The lowest BCUT2D eigenvalue weighted by Gasteiger charge is -2.44. The first-order chi connectivity index (χ1) is 17.1. The predicted octanol–water partition coefficient (Wildman–Crippen LogP) is 7.64. The number of fused-ring (bicyclic) bond motifs is 1. The fourth-order valence-corrected chi connectivity index (χ4v) is 7.48. The van der Waals surface area contributed by atoms with Crippen molar-refractivity contribution in [1.82, 2.24) is 0 Å². The van der Waals surface area contributed by atoms with E-state index in [-0.39, 0.29) is 28.6 Å². The van der Waals surface area contributed by atoms with Crippen molar-refractivity contribution >= 4 is 27.7 Å². The molecule has 5 heteroatoms. The summed E-state index contributed by atoms with van der Waals surface area (Å²) in [6, 6.07) is 0. The lowest BCUT2D eigenvalue weighted by Crippen LogP contribution is -2.38. The molecule has 3 aliphatic rings. The highest BCUT2D eigenvalue weighted by Gasteiger charge is 2.50. The van der Waals surface area contributed by atoms with Gasteiger partial charge in [0.25, 0.3) is 0 Å². The number of allylic oxidation sites excluding steroid dienone is 4. The number of carbonyl (C=O) groups excluding carboxylic acids is 2. The molecule has 202 valence electrons. The first kappa shape index (κ1) is 29.4. The van der Waals surface area contributed by atoms with Gasteiger partial charge in [0.2, 0.25) is 0 Å². The fourth-order valence-electron chi connectivity index (χ4n) is 7.35. The van der Waals surface area contributed by atoms with Gasteiger partial charge in [-0.2, -0.15) is 0 Å². The van der Waals surface area contributed by atoms with Crippen molar-refractivity contribution in [3.8, 4) is 0 Å². The van der Waals surface area contributed by atoms with E-state index in [9.17, 15) is 14.7 Å². The first-order valence-electron chi connectivity index (χ1n) is 14.2. The molecule has 0 saturated heterocycles. The molecule has 3 fully saturated rings. The zero-order valence-electron chi connectivity index (χ0n) is 22.9. The maximum atomic E-state index is 12.7. The van der Waals surface area contributed by atoms with Crippen LogP contribution in [0.5, 0.6) is 0 Å². The molecule has 3 aliphatic carbocycles. The third-order valence-corrected chi connectivity index (χ3v) is 10.3. The number of Topliss-reactive ketones (excluding diaryl/α,β-unsaturated/α-hetero) is 1. The number of halogens is 1. The van der Waals surface area contributed by atoms with E-state index in [0.29, 0.717) is 37.0 Å². The lowest BCUT2D eigenvalue weighted by atomic mass is 9.60. The molecular weight excluding hydrogens is 516 g/mol. The summed E-state index contributed by atoms with van der Waals surface area (Å²) < 4.78 is 5.58. The summed E-state index contributed by atoms with van der Waals surface area (Å²) >= 11 is 3.19. The zero-order chi connectivity index (χ0) is 26.5. The Bertz CT molecular complexity index is 883.